The minimum Gasteiger partial charge on any atom is -0.489 e. The topological polar surface area (TPSA) is 135 Å². The number of nitrogens with one attached hydrogen (secondary N) is 2. The fraction of sp³-hybridized carbons (Fsp3) is 0.229. The van der Waals surface area contributed by atoms with E-state index in [0.717, 1.165) is 28.0 Å². The van der Waals surface area contributed by atoms with Crippen molar-refractivity contribution in [2.45, 2.75) is 37.8 Å². The minimum atomic E-state index is -0.829. The summed E-state index contributed by atoms with van der Waals surface area (Å²) in [5.41, 5.74) is 15.1. The van der Waals surface area contributed by atoms with Crippen LogP contribution >= 0.6 is 0 Å². The van der Waals surface area contributed by atoms with Gasteiger partial charge in [0.25, 0.3) is 0 Å². The van der Waals surface area contributed by atoms with E-state index in [1.165, 1.54) is 0 Å². The van der Waals surface area contributed by atoms with Gasteiger partial charge in [-0.15, -0.1) is 0 Å². The third kappa shape index (κ3) is 9.19. The number of hydrogen-bond donors (Lipinski definition) is 4. The first kappa shape index (κ1) is 30.8. The number of primary amides is 1. The van der Waals surface area contributed by atoms with Gasteiger partial charge in [0.2, 0.25) is 11.8 Å². The van der Waals surface area contributed by atoms with Gasteiger partial charge in [-0.3, -0.25) is 15.0 Å². The average molecular weight is 578 g/mol. The molecule has 0 unspecified atom stereocenters. The summed E-state index contributed by atoms with van der Waals surface area (Å²) in [4.78, 5) is 28.9. The predicted molar refractivity (Wildman–Crippen MR) is 169 cm³/mol. The maximum Gasteiger partial charge on any atom is 0.240 e. The fourth-order valence-electron chi connectivity index (χ4n) is 5.07. The zero-order valence-corrected chi connectivity index (χ0v) is 24.2. The SMILES string of the molecule is N=C(N)NCCC[C@H](C(N)=O)N(CCc1ccc(OCc2ccccc2)cc1)C(=O)C(c1ccccc1)c1ccccc1. The normalized spacial score (nSPS) is 11.5. The van der Waals surface area contributed by atoms with E-state index in [2.05, 4.69) is 5.32 Å². The Morgan fingerprint density at radius 3 is 1.86 bits per heavy atom. The quantitative estimate of drug-likeness (QED) is 0.0932. The molecule has 8 heteroatoms. The molecule has 4 aromatic carbocycles. The number of guanidine groups is 1. The molecule has 0 bridgehead atoms. The Bertz CT molecular complexity index is 1410. The van der Waals surface area contributed by atoms with Crippen molar-refractivity contribution in [3.63, 3.8) is 0 Å². The lowest BCUT2D eigenvalue weighted by Gasteiger charge is -2.33. The van der Waals surface area contributed by atoms with Gasteiger partial charge in [0, 0.05) is 13.1 Å². The highest BCUT2D eigenvalue weighted by molar-refractivity contribution is 5.92. The van der Waals surface area contributed by atoms with Gasteiger partial charge in [-0.2, -0.15) is 0 Å². The van der Waals surface area contributed by atoms with Crippen LogP contribution in [0.5, 0.6) is 5.75 Å². The van der Waals surface area contributed by atoms with Crippen molar-refractivity contribution >= 4 is 17.8 Å². The molecular formula is C35H39N5O3. The van der Waals surface area contributed by atoms with E-state index in [4.69, 9.17) is 21.6 Å². The summed E-state index contributed by atoms with van der Waals surface area (Å²) in [5.74, 6) is -0.757. The maximum atomic E-state index is 14.5. The van der Waals surface area contributed by atoms with Gasteiger partial charge in [-0.05, 0) is 53.6 Å². The highest BCUT2D eigenvalue weighted by Crippen LogP contribution is 2.29. The zero-order chi connectivity index (χ0) is 30.4. The summed E-state index contributed by atoms with van der Waals surface area (Å²) >= 11 is 0. The Morgan fingerprint density at radius 2 is 1.33 bits per heavy atom. The van der Waals surface area contributed by atoms with Crippen molar-refractivity contribution in [2.75, 3.05) is 13.1 Å². The lowest BCUT2D eigenvalue weighted by Crippen LogP contribution is -2.50. The van der Waals surface area contributed by atoms with E-state index < -0.39 is 17.9 Å². The Labute approximate surface area is 253 Å². The van der Waals surface area contributed by atoms with E-state index in [9.17, 15) is 9.59 Å². The number of rotatable bonds is 15. The monoisotopic (exact) mass is 577 g/mol. The number of benzene rings is 4. The van der Waals surface area contributed by atoms with Gasteiger partial charge >= 0.3 is 0 Å². The van der Waals surface area contributed by atoms with Crippen LogP contribution in [-0.4, -0.2) is 41.8 Å². The molecule has 1 atom stereocenters. The Balaban J connectivity index is 1.56. The second kappa shape index (κ2) is 15.8. The first-order valence-corrected chi connectivity index (χ1v) is 14.5. The summed E-state index contributed by atoms with van der Waals surface area (Å²) < 4.78 is 5.93. The number of nitrogens with zero attached hydrogens (tertiary/aromatic N) is 1. The number of amides is 2. The molecule has 0 aliphatic heterocycles. The Morgan fingerprint density at radius 1 is 0.767 bits per heavy atom. The van der Waals surface area contributed by atoms with Gasteiger partial charge in [0.15, 0.2) is 5.96 Å². The van der Waals surface area contributed by atoms with Crippen LogP contribution < -0.4 is 21.5 Å². The van der Waals surface area contributed by atoms with Crippen molar-refractivity contribution < 1.29 is 14.3 Å². The van der Waals surface area contributed by atoms with Crippen LogP contribution in [0, 0.1) is 5.41 Å². The molecule has 0 spiro atoms. The van der Waals surface area contributed by atoms with E-state index in [-0.39, 0.29) is 11.9 Å². The third-order valence-electron chi connectivity index (χ3n) is 7.28. The van der Waals surface area contributed by atoms with Crippen LogP contribution in [0.15, 0.2) is 115 Å². The number of nitrogens with two attached hydrogens (primary N) is 2. The Kier molecular flexibility index (Phi) is 11.3. The summed E-state index contributed by atoms with van der Waals surface area (Å²) in [6.45, 7) is 1.17. The van der Waals surface area contributed by atoms with Crippen LogP contribution in [0.25, 0.3) is 0 Å². The summed E-state index contributed by atoms with van der Waals surface area (Å²) in [5, 5.41) is 10.2. The zero-order valence-electron chi connectivity index (χ0n) is 24.2. The van der Waals surface area contributed by atoms with Crippen molar-refractivity contribution in [1.29, 1.82) is 5.41 Å². The lowest BCUT2D eigenvalue weighted by atomic mass is 9.89. The first-order chi connectivity index (χ1) is 20.9. The third-order valence-corrected chi connectivity index (χ3v) is 7.28. The van der Waals surface area contributed by atoms with E-state index in [0.29, 0.717) is 39.0 Å². The smallest absolute Gasteiger partial charge is 0.240 e. The highest BCUT2D eigenvalue weighted by Gasteiger charge is 2.34. The van der Waals surface area contributed by atoms with Gasteiger partial charge in [0.1, 0.15) is 18.4 Å². The van der Waals surface area contributed by atoms with Gasteiger partial charge in [-0.1, -0.05) is 103 Å². The van der Waals surface area contributed by atoms with Crippen LogP contribution in [0.1, 0.15) is 41.0 Å². The summed E-state index contributed by atoms with van der Waals surface area (Å²) in [7, 11) is 0. The minimum absolute atomic E-state index is 0.145. The molecule has 8 nitrogen and oxygen atoms in total. The largest absolute Gasteiger partial charge is 0.489 e. The molecule has 4 aromatic rings. The van der Waals surface area contributed by atoms with Crippen LogP contribution in [-0.2, 0) is 22.6 Å². The van der Waals surface area contributed by atoms with Gasteiger partial charge < -0.3 is 26.4 Å². The predicted octanol–water partition coefficient (Wildman–Crippen LogP) is 4.59. The molecule has 0 saturated heterocycles. The number of hydrogen-bond acceptors (Lipinski definition) is 4. The molecule has 0 saturated carbocycles. The molecule has 0 aromatic heterocycles. The van der Waals surface area contributed by atoms with Crippen LogP contribution in [0.2, 0.25) is 0 Å². The van der Waals surface area contributed by atoms with Crippen molar-refractivity contribution in [1.82, 2.24) is 10.2 Å². The van der Waals surface area contributed by atoms with Crippen molar-refractivity contribution in [3.8, 4) is 5.75 Å². The van der Waals surface area contributed by atoms with Crippen LogP contribution in [0.4, 0.5) is 0 Å². The van der Waals surface area contributed by atoms with Crippen molar-refractivity contribution in [2.24, 2.45) is 11.5 Å². The molecule has 0 radical (unpaired) electrons. The molecule has 2 amide bonds. The molecule has 6 N–H and O–H groups in total. The fourth-order valence-corrected chi connectivity index (χ4v) is 5.07. The van der Waals surface area contributed by atoms with E-state index in [1.54, 1.807) is 4.90 Å². The summed E-state index contributed by atoms with van der Waals surface area (Å²) in [6.07, 6.45) is 1.37. The molecule has 222 valence electrons. The number of ether oxygens (including phenoxy) is 1. The number of carbonyl (C=O) groups excluding carboxylic acids is 2. The average Bonchev–Trinajstić information content (AvgIpc) is 3.03. The lowest BCUT2D eigenvalue weighted by molar-refractivity contribution is -0.140. The standard InChI is InChI=1S/C35H39N5O3/c36-33(41)31(17-10-23-39-35(37)38)40(34(42)32(28-13-6-2-7-14-28)29-15-8-3-9-16-29)24-22-26-18-20-30(21-19-26)43-25-27-11-4-1-5-12-27/h1-9,11-16,18-21,31-32H,10,17,22-25H2,(H2,36,41)(H4,37,38,39)/t31-/m1/s1. The second-order valence-corrected chi connectivity index (χ2v) is 10.4. The molecule has 0 fully saturated rings. The number of carbonyl (C=O) groups is 2. The molecule has 0 aliphatic rings. The second-order valence-electron chi connectivity index (χ2n) is 10.4. The van der Waals surface area contributed by atoms with Gasteiger partial charge in [0.05, 0.1) is 5.92 Å². The van der Waals surface area contributed by atoms with Crippen molar-refractivity contribution in [3.05, 3.63) is 138 Å². The molecule has 4 rings (SSSR count). The molecular weight excluding hydrogens is 538 g/mol. The highest BCUT2D eigenvalue weighted by atomic mass is 16.5. The Hall–Kier alpha value is -5.11. The summed E-state index contributed by atoms with van der Waals surface area (Å²) in [6, 6.07) is 36.1. The first-order valence-electron chi connectivity index (χ1n) is 14.5. The van der Waals surface area contributed by atoms with E-state index in [1.807, 2.05) is 115 Å². The molecule has 43 heavy (non-hydrogen) atoms. The van der Waals surface area contributed by atoms with Crippen LogP contribution in [0.3, 0.4) is 0 Å². The maximum absolute atomic E-state index is 14.5. The van der Waals surface area contributed by atoms with E-state index >= 15 is 0 Å². The van der Waals surface area contributed by atoms with Gasteiger partial charge in [-0.25, -0.2) is 0 Å². The molecule has 0 aliphatic carbocycles. The molecule has 0 heterocycles.